The zero-order chi connectivity index (χ0) is 12.3. The van der Waals surface area contributed by atoms with Gasteiger partial charge >= 0.3 is 0 Å². The molecule has 0 saturated carbocycles. The highest BCUT2D eigenvalue weighted by molar-refractivity contribution is 5.29. The molecule has 3 heteroatoms. The van der Waals surface area contributed by atoms with E-state index in [4.69, 9.17) is 5.11 Å². The largest absolute Gasteiger partial charge is 0.505 e. The Bertz CT molecular complexity index is 506. The van der Waals surface area contributed by atoms with Gasteiger partial charge in [0.2, 0.25) is 0 Å². The van der Waals surface area contributed by atoms with Crippen LogP contribution in [0.25, 0.3) is 0 Å². The molecule has 0 heterocycles. The Morgan fingerprint density at radius 2 is 1.41 bits per heavy atom. The Kier molecular flexibility index (Phi) is 3.38. The molecule has 1 N–H and O–H groups in total. The summed E-state index contributed by atoms with van der Waals surface area (Å²) >= 11 is 0. The minimum Gasteiger partial charge on any atom is -0.505 e. The van der Waals surface area contributed by atoms with E-state index in [1.165, 1.54) is 24.3 Å². The van der Waals surface area contributed by atoms with Crippen LogP contribution >= 0.6 is 0 Å². The van der Waals surface area contributed by atoms with Crippen molar-refractivity contribution in [2.75, 3.05) is 0 Å². The maximum atomic E-state index is 13.1. The molecule has 2 rings (SSSR count). The van der Waals surface area contributed by atoms with Crippen molar-refractivity contribution in [3.05, 3.63) is 65.2 Å². The summed E-state index contributed by atoms with van der Waals surface area (Å²) in [5.74, 6) is -1.21. The number of hydrogen-bond donors (Lipinski definition) is 1. The Morgan fingerprint density at radius 1 is 0.824 bits per heavy atom. The summed E-state index contributed by atoms with van der Waals surface area (Å²) in [7, 11) is 0. The molecule has 0 aliphatic rings. The molecule has 0 bridgehead atoms. The van der Waals surface area contributed by atoms with E-state index in [9.17, 15) is 8.78 Å². The Morgan fingerprint density at radius 3 is 2.06 bits per heavy atom. The first-order chi connectivity index (χ1) is 8.15. The summed E-state index contributed by atoms with van der Waals surface area (Å²) in [6, 6.07) is 10.6. The third-order valence-corrected chi connectivity index (χ3v) is 2.63. The zero-order valence-corrected chi connectivity index (χ0v) is 9.16. The summed E-state index contributed by atoms with van der Waals surface area (Å²) in [5, 5.41) is 9.04. The van der Waals surface area contributed by atoms with Crippen LogP contribution in [-0.4, -0.2) is 5.11 Å². The van der Waals surface area contributed by atoms with E-state index < -0.39 is 5.82 Å². The van der Waals surface area contributed by atoms with Gasteiger partial charge in [-0.25, -0.2) is 8.78 Å². The first-order valence-corrected chi connectivity index (χ1v) is 5.37. The summed E-state index contributed by atoms with van der Waals surface area (Å²) < 4.78 is 25.7. The fraction of sp³-hybridized carbons (Fsp3) is 0.143. The maximum absolute atomic E-state index is 13.1. The van der Waals surface area contributed by atoms with Crippen molar-refractivity contribution in [1.29, 1.82) is 0 Å². The molecular weight excluding hydrogens is 222 g/mol. The molecule has 2 aromatic carbocycles. The first kappa shape index (κ1) is 11.6. The number of benzene rings is 2. The van der Waals surface area contributed by atoms with Gasteiger partial charge in [-0.1, -0.05) is 18.2 Å². The van der Waals surface area contributed by atoms with Gasteiger partial charge in [0.1, 0.15) is 5.82 Å². The van der Waals surface area contributed by atoms with Crippen LogP contribution in [0.4, 0.5) is 8.78 Å². The summed E-state index contributed by atoms with van der Waals surface area (Å²) in [6.45, 7) is 0. The van der Waals surface area contributed by atoms with Crippen LogP contribution in [0.1, 0.15) is 11.1 Å². The number of aromatic hydroxyl groups is 1. The van der Waals surface area contributed by atoms with Crippen molar-refractivity contribution in [1.82, 2.24) is 0 Å². The van der Waals surface area contributed by atoms with Gasteiger partial charge in [0.15, 0.2) is 11.6 Å². The molecule has 0 aromatic heterocycles. The van der Waals surface area contributed by atoms with Crippen LogP contribution in [0, 0.1) is 11.6 Å². The van der Waals surface area contributed by atoms with Crippen molar-refractivity contribution < 1.29 is 13.9 Å². The number of halogens is 2. The molecule has 17 heavy (non-hydrogen) atoms. The van der Waals surface area contributed by atoms with E-state index in [1.807, 2.05) is 0 Å². The topological polar surface area (TPSA) is 20.2 Å². The minimum absolute atomic E-state index is 0.260. The Labute approximate surface area is 98.3 Å². The van der Waals surface area contributed by atoms with Crippen molar-refractivity contribution in [3.8, 4) is 5.75 Å². The smallest absolute Gasteiger partial charge is 0.165 e. The number of rotatable bonds is 3. The van der Waals surface area contributed by atoms with Gasteiger partial charge < -0.3 is 5.11 Å². The lowest BCUT2D eigenvalue weighted by atomic mass is 10.0. The number of aryl methyl sites for hydroxylation is 2. The van der Waals surface area contributed by atoms with Crippen LogP contribution in [-0.2, 0) is 12.8 Å². The monoisotopic (exact) mass is 234 g/mol. The molecule has 1 nitrogen and oxygen atoms in total. The third-order valence-electron chi connectivity index (χ3n) is 2.63. The highest BCUT2D eigenvalue weighted by Crippen LogP contribution is 2.17. The second-order valence-electron chi connectivity index (χ2n) is 3.91. The normalized spacial score (nSPS) is 10.5. The van der Waals surface area contributed by atoms with E-state index in [-0.39, 0.29) is 11.6 Å². The Balaban J connectivity index is 2.02. The van der Waals surface area contributed by atoms with E-state index >= 15 is 0 Å². The fourth-order valence-corrected chi connectivity index (χ4v) is 1.65. The second kappa shape index (κ2) is 4.95. The molecule has 0 saturated heterocycles. The second-order valence-corrected chi connectivity index (χ2v) is 3.91. The molecule has 0 radical (unpaired) electrons. The van der Waals surface area contributed by atoms with Crippen molar-refractivity contribution in [2.45, 2.75) is 12.8 Å². The van der Waals surface area contributed by atoms with E-state index in [1.54, 1.807) is 18.2 Å². The van der Waals surface area contributed by atoms with E-state index in [2.05, 4.69) is 0 Å². The fourth-order valence-electron chi connectivity index (χ4n) is 1.65. The van der Waals surface area contributed by atoms with Crippen LogP contribution in [0.3, 0.4) is 0 Å². The van der Waals surface area contributed by atoms with Gasteiger partial charge in [-0.05, 0) is 48.2 Å². The van der Waals surface area contributed by atoms with Crippen LogP contribution in [0.2, 0.25) is 0 Å². The third kappa shape index (κ3) is 3.03. The highest BCUT2D eigenvalue weighted by atomic mass is 19.1. The van der Waals surface area contributed by atoms with Gasteiger partial charge in [0.25, 0.3) is 0 Å². The predicted molar refractivity (Wildman–Crippen MR) is 61.9 cm³/mol. The molecule has 0 fully saturated rings. The lowest BCUT2D eigenvalue weighted by molar-refractivity contribution is 0.432. The number of hydrogen-bond acceptors (Lipinski definition) is 1. The highest BCUT2D eigenvalue weighted by Gasteiger charge is 2.02. The van der Waals surface area contributed by atoms with Crippen LogP contribution < -0.4 is 0 Å². The molecule has 0 aliphatic heterocycles. The molecular formula is C14H12F2O. The quantitative estimate of drug-likeness (QED) is 0.862. The minimum atomic E-state index is -0.610. The summed E-state index contributed by atoms with van der Waals surface area (Å²) in [5.41, 5.74) is 1.81. The van der Waals surface area contributed by atoms with Gasteiger partial charge in [0.05, 0.1) is 0 Å². The van der Waals surface area contributed by atoms with Crippen LogP contribution in [0.15, 0.2) is 42.5 Å². The molecule has 0 unspecified atom stereocenters. The lowest BCUT2D eigenvalue weighted by Gasteiger charge is -2.03. The number of phenolic OH excluding ortho intramolecular Hbond substituents is 1. The zero-order valence-electron chi connectivity index (χ0n) is 9.16. The molecule has 0 atom stereocenters. The molecule has 0 spiro atoms. The maximum Gasteiger partial charge on any atom is 0.165 e. The molecule has 2 aromatic rings. The summed E-state index contributed by atoms with van der Waals surface area (Å²) in [4.78, 5) is 0. The van der Waals surface area contributed by atoms with Crippen molar-refractivity contribution >= 4 is 0 Å². The van der Waals surface area contributed by atoms with E-state index in [0.29, 0.717) is 12.8 Å². The number of phenols is 1. The van der Waals surface area contributed by atoms with Crippen molar-refractivity contribution in [2.24, 2.45) is 0 Å². The Hall–Kier alpha value is -1.90. The SMILES string of the molecule is Oc1ccc(CCc2ccc(F)cc2)cc1F. The average molecular weight is 234 g/mol. The average Bonchev–Trinajstić information content (AvgIpc) is 2.33. The van der Waals surface area contributed by atoms with Gasteiger partial charge in [-0.15, -0.1) is 0 Å². The van der Waals surface area contributed by atoms with Gasteiger partial charge in [-0.3, -0.25) is 0 Å². The summed E-state index contributed by atoms with van der Waals surface area (Å²) in [6.07, 6.45) is 1.37. The standard InChI is InChI=1S/C14H12F2O/c15-12-6-3-10(4-7-12)1-2-11-5-8-14(17)13(16)9-11/h3-9,17H,1-2H2. The molecule has 0 aliphatic carbocycles. The first-order valence-electron chi connectivity index (χ1n) is 5.37. The lowest BCUT2D eigenvalue weighted by Crippen LogP contribution is -1.92. The van der Waals surface area contributed by atoms with Crippen molar-refractivity contribution in [3.63, 3.8) is 0 Å². The van der Waals surface area contributed by atoms with Gasteiger partial charge in [0, 0.05) is 0 Å². The molecule has 0 amide bonds. The predicted octanol–water partition coefficient (Wildman–Crippen LogP) is 3.46. The van der Waals surface area contributed by atoms with Crippen LogP contribution in [0.5, 0.6) is 5.75 Å². The van der Waals surface area contributed by atoms with Gasteiger partial charge in [-0.2, -0.15) is 0 Å². The molecule has 88 valence electrons. The van der Waals surface area contributed by atoms with E-state index in [0.717, 1.165) is 11.1 Å².